The van der Waals surface area contributed by atoms with Crippen LogP contribution in [-0.2, 0) is 28.6 Å². The minimum atomic E-state index is -0.803. The Kier molecular flexibility index (Phi) is 61.8. The van der Waals surface area contributed by atoms with Gasteiger partial charge < -0.3 is 14.2 Å². The molecule has 0 saturated carbocycles. The molecule has 78 heavy (non-hydrogen) atoms. The summed E-state index contributed by atoms with van der Waals surface area (Å²) >= 11 is 0. The van der Waals surface area contributed by atoms with Gasteiger partial charge in [-0.3, -0.25) is 14.4 Å². The molecule has 0 N–H and O–H groups in total. The van der Waals surface area contributed by atoms with Crippen LogP contribution in [0.25, 0.3) is 0 Å². The number of hydrogen-bond acceptors (Lipinski definition) is 6. The van der Waals surface area contributed by atoms with Gasteiger partial charge in [0.1, 0.15) is 13.2 Å². The molecule has 0 aromatic heterocycles. The van der Waals surface area contributed by atoms with Crippen LogP contribution in [0.4, 0.5) is 0 Å². The molecule has 6 nitrogen and oxygen atoms in total. The van der Waals surface area contributed by atoms with Crippen molar-refractivity contribution in [1.29, 1.82) is 0 Å². The maximum Gasteiger partial charge on any atom is 0.306 e. The predicted octanol–water partition coefficient (Wildman–Crippen LogP) is 22.4. The number of carbonyl (C=O) groups excluding carboxylic acids is 3. The Hall–Kier alpha value is -4.19. The van der Waals surface area contributed by atoms with Crippen molar-refractivity contribution in [2.24, 2.45) is 0 Å². The number of hydrogen-bond donors (Lipinski definition) is 0. The molecule has 0 aliphatic carbocycles. The average molecular weight is 1080 g/mol. The molecule has 0 spiro atoms. The first-order valence-electron chi connectivity index (χ1n) is 32.5. The van der Waals surface area contributed by atoms with E-state index in [0.29, 0.717) is 25.7 Å². The fraction of sp³-hybridized carbons (Fsp3) is 0.681. The van der Waals surface area contributed by atoms with Crippen LogP contribution in [0.2, 0.25) is 0 Å². The summed E-state index contributed by atoms with van der Waals surface area (Å²) in [4.78, 5) is 38.2. The van der Waals surface area contributed by atoms with Gasteiger partial charge >= 0.3 is 17.9 Å². The molecule has 1 unspecified atom stereocenters. The normalized spacial score (nSPS) is 12.9. The van der Waals surface area contributed by atoms with E-state index in [2.05, 4.69) is 142 Å². The van der Waals surface area contributed by atoms with E-state index in [9.17, 15) is 14.4 Å². The summed E-state index contributed by atoms with van der Waals surface area (Å²) < 4.78 is 16.9. The maximum absolute atomic E-state index is 12.9. The Morgan fingerprint density at radius 3 is 0.872 bits per heavy atom. The molecular weight excluding hydrogens is 961 g/mol. The van der Waals surface area contributed by atoms with Gasteiger partial charge in [0.05, 0.1) is 0 Å². The van der Waals surface area contributed by atoms with Crippen LogP contribution >= 0.6 is 0 Å². The molecular formula is C72H120O6. The van der Waals surface area contributed by atoms with Gasteiger partial charge in [-0.15, -0.1) is 0 Å². The lowest BCUT2D eigenvalue weighted by Crippen LogP contribution is -2.30. The van der Waals surface area contributed by atoms with Crippen LogP contribution in [-0.4, -0.2) is 37.2 Å². The Labute approximate surface area is 482 Å². The molecule has 0 bridgehead atoms. The van der Waals surface area contributed by atoms with Crippen LogP contribution in [0.5, 0.6) is 0 Å². The second-order valence-corrected chi connectivity index (χ2v) is 21.3. The van der Waals surface area contributed by atoms with Gasteiger partial charge in [0, 0.05) is 19.3 Å². The third kappa shape index (κ3) is 62.7. The summed E-state index contributed by atoms with van der Waals surface area (Å²) in [5.41, 5.74) is 0. The summed E-state index contributed by atoms with van der Waals surface area (Å²) in [6.07, 6.45) is 90.8. The number of rotatable bonds is 58. The van der Waals surface area contributed by atoms with E-state index in [0.717, 1.165) is 122 Å². The van der Waals surface area contributed by atoms with Crippen molar-refractivity contribution >= 4 is 17.9 Å². The van der Waals surface area contributed by atoms with Crippen molar-refractivity contribution in [1.82, 2.24) is 0 Å². The van der Waals surface area contributed by atoms with Crippen molar-refractivity contribution in [3.8, 4) is 0 Å². The first-order chi connectivity index (χ1) is 38.5. The molecule has 0 rings (SSSR count). The van der Waals surface area contributed by atoms with Crippen molar-refractivity contribution in [2.45, 2.75) is 303 Å². The Morgan fingerprint density at radius 1 is 0.269 bits per heavy atom. The summed E-state index contributed by atoms with van der Waals surface area (Å²) in [5.74, 6) is -0.951. The molecule has 0 fully saturated rings. The lowest BCUT2D eigenvalue weighted by atomic mass is 10.0. The van der Waals surface area contributed by atoms with E-state index in [1.807, 2.05) is 0 Å². The van der Waals surface area contributed by atoms with E-state index >= 15 is 0 Å². The maximum atomic E-state index is 12.9. The van der Waals surface area contributed by atoms with Crippen molar-refractivity contribution in [2.75, 3.05) is 13.2 Å². The molecule has 0 radical (unpaired) electrons. The molecule has 0 aliphatic rings. The Balaban J connectivity index is 4.35. The largest absolute Gasteiger partial charge is 0.462 e. The van der Waals surface area contributed by atoms with Crippen molar-refractivity contribution in [3.05, 3.63) is 122 Å². The third-order valence-electron chi connectivity index (χ3n) is 13.7. The average Bonchev–Trinajstić information content (AvgIpc) is 3.44. The van der Waals surface area contributed by atoms with Gasteiger partial charge in [-0.25, -0.2) is 0 Å². The second kappa shape index (κ2) is 65.3. The van der Waals surface area contributed by atoms with Gasteiger partial charge in [-0.1, -0.05) is 271 Å². The lowest BCUT2D eigenvalue weighted by Gasteiger charge is -2.18. The first-order valence-corrected chi connectivity index (χ1v) is 32.5. The molecule has 0 amide bonds. The number of carbonyl (C=O) groups is 3. The molecule has 0 heterocycles. The van der Waals surface area contributed by atoms with Crippen LogP contribution in [0, 0.1) is 0 Å². The summed E-state index contributed by atoms with van der Waals surface area (Å²) in [7, 11) is 0. The standard InChI is InChI=1S/C72H120O6/c1-4-7-10-13-16-19-22-24-26-28-30-32-34-35-36-37-39-40-42-44-46-48-50-53-56-59-62-65-71(74)77-68-69(67-76-70(73)64-61-58-55-52-21-18-15-12-9-6-3)78-72(75)66-63-60-57-54-51-49-47-45-43-41-38-33-31-29-27-25-23-20-17-14-11-8-5-2/h7,10,12,15-16,19,24,26,29-32,35-36,39-40,44,46,50,53,69H,4-6,8-9,11,13-14,17-18,20-23,25,27-28,33-34,37-38,41-43,45,47-49,51-52,54-68H2,1-3H3/b10-7-,15-12-,19-16-,26-24-,31-29-,32-30-,36-35-,40-39-,46-44-,53-50-. The third-order valence-corrected chi connectivity index (χ3v) is 13.7. The number of allylic oxidation sites excluding steroid dienone is 20. The molecule has 1 atom stereocenters. The zero-order valence-corrected chi connectivity index (χ0v) is 50.9. The SMILES string of the molecule is CC/C=C\C/C=C\C/C=C\C/C=C\C/C=C\C/C=C\C/C=C\C/C=C\CCCCC(=O)OCC(COC(=O)CCCCCCC/C=C\CCC)OC(=O)CCCCCCCCCCCCC/C=C\CCCCCCCCCC. The van der Waals surface area contributed by atoms with Gasteiger partial charge in [-0.05, 0) is 128 Å². The number of ether oxygens (including phenoxy) is 3. The minimum absolute atomic E-state index is 0.0982. The summed E-state index contributed by atoms with van der Waals surface area (Å²) in [6.45, 7) is 6.43. The van der Waals surface area contributed by atoms with Gasteiger partial charge in [0.25, 0.3) is 0 Å². The van der Waals surface area contributed by atoms with E-state index in [1.54, 1.807) is 0 Å². The van der Waals surface area contributed by atoms with Crippen LogP contribution in [0.15, 0.2) is 122 Å². The lowest BCUT2D eigenvalue weighted by molar-refractivity contribution is -0.167. The van der Waals surface area contributed by atoms with Crippen molar-refractivity contribution in [3.63, 3.8) is 0 Å². The fourth-order valence-electron chi connectivity index (χ4n) is 8.81. The van der Waals surface area contributed by atoms with Crippen molar-refractivity contribution < 1.29 is 28.6 Å². The molecule has 0 aliphatic heterocycles. The van der Waals surface area contributed by atoms with Crippen LogP contribution < -0.4 is 0 Å². The highest BCUT2D eigenvalue weighted by Crippen LogP contribution is 2.16. The quantitative estimate of drug-likeness (QED) is 0.0261. The van der Waals surface area contributed by atoms with E-state index in [1.165, 1.54) is 128 Å². The molecule has 0 saturated heterocycles. The Bertz CT molecular complexity index is 1620. The molecule has 0 aromatic carbocycles. The predicted molar refractivity (Wildman–Crippen MR) is 339 cm³/mol. The highest BCUT2D eigenvalue weighted by molar-refractivity contribution is 5.71. The zero-order chi connectivity index (χ0) is 56.4. The zero-order valence-electron chi connectivity index (χ0n) is 50.9. The van der Waals surface area contributed by atoms with E-state index < -0.39 is 6.10 Å². The molecule has 6 heteroatoms. The topological polar surface area (TPSA) is 78.9 Å². The van der Waals surface area contributed by atoms with E-state index in [4.69, 9.17) is 14.2 Å². The highest BCUT2D eigenvalue weighted by atomic mass is 16.6. The van der Waals surface area contributed by atoms with Gasteiger partial charge in [0.15, 0.2) is 6.10 Å². The molecule has 444 valence electrons. The van der Waals surface area contributed by atoms with Crippen LogP contribution in [0.1, 0.15) is 297 Å². The summed E-state index contributed by atoms with van der Waals surface area (Å²) in [6, 6.07) is 0. The van der Waals surface area contributed by atoms with E-state index in [-0.39, 0.29) is 31.1 Å². The molecule has 0 aromatic rings. The first kappa shape index (κ1) is 73.8. The van der Waals surface area contributed by atoms with Crippen LogP contribution in [0.3, 0.4) is 0 Å². The minimum Gasteiger partial charge on any atom is -0.462 e. The Morgan fingerprint density at radius 2 is 0.526 bits per heavy atom. The van der Waals surface area contributed by atoms with Gasteiger partial charge in [-0.2, -0.15) is 0 Å². The monoisotopic (exact) mass is 1080 g/mol. The summed E-state index contributed by atoms with van der Waals surface area (Å²) in [5, 5.41) is 0. The highest BCUT2D eigenvalue weighted by Gasteiger charge is 2.19. The smallest absolute Gasteiger partial charge is 0.306 e. The fourth-order valence-corrected chi connectivity index (χ4v) is 8.81. The number of unbranched alkanes of at least 4 members (excludes halogenated alkanes) is 27. The number of esters is 3. The van der Waals surface area contributed by atoms with Gasteiger partial charge in [0.2, 0.25) is 0 Å². The second-order valence-electron chi connectivity index (χ2n) is 21.3.